The highest BCUT2D eigenvalue weighted by molar-refractivity contribution is 5.60. The lowest BCUT2D eigenvalue weighted by Gasteiger charge is -2.11. The molecule has 0 saturated carbocycles. The second-order valence-electron chi connectivity index (χ2n) is 7.93. The molecule has 1 aliphatic rings. The summed E-state index contributed by atoms with van der Waals surface area (Å²) in [4.78, 5) is 9.31. The molecular weight excluding hydrogens is 538 g/mol. The molecule has 1 saturated heterocycles. The molecular formula is C24H26F6N4O5. The van der Waals surface area contributed by atoms with E-state index in [2.05, 4.69) is 0 Å². The van der Waals surface area contributed by atoms with Gasteiger partial charge in [0.1, 0.15) is 5.69 Å². The Labute approximate surface area is 219 Å². The standard InChI is InChI=1S/C11H9F3N2.C7H5F3N2O2.C6H12O3/c12-11(13,14)8-3-4-10(9(15)7-8)16-5-1-2-6-16;8-7(9,10)4-1-2-5(11)6(3-4)12(13)14;1-7-5-3-4-6(8-2)9-5/h1-7H,15H2;1-3H,11H2;5-6H,3-4H2,1-2H3. The van der Waals surface area contributed by atoms with Crippen LogP contribution in [0.3, 0.4) is 0 Å². The molecule has 0 spiro atoms. The zero-order valence-corrected chi connectivity index (χ0v) is 20.7. The Balaban J connectivity index is 0.000000213. The molecule has 4 rings (SSSR count). The summed E-state index contributed by atoms with van der Waals surface area (Å²) in [6.07, 6.45) is -3.73. The fourth-order valence-corrected chi connectivity index (χ4v) is 3.26. The predicted molar refractivity (Wildman–Crippen MR) is 130 cm³/mol. The van der Waals surface area contributed by atoms with Crippen LogP contribution in [0.5, 0.6) is 0 Å². The number of nitrogens with zero attached hydrogens (tertiary/aromatic N) is 2. The van der Waals surface area contributed by atoms with Gasteiger partial charge in [0.05, 0.1) is 27.4 Å². The average molecular weight is 564 g/mol. The molecule has 3 aromatic rings. The molecule has 0 bridgehead atoms. The number of methoxy groups -OCH3 is 2. The number of anilines is 2. The van der Waals surface area contributed by atoms with Crippen molar-refractivity contribution in [2.75, 3.05) is 25.7 Å². The van der Waals surface area contributed by atoms with Gasteiger partial charge in [0.25, 0.3) is 5.69 Å². The third-order valence-corrected chi connectivity index (χ3v) is 5.26. The monoisotopic (exact) mass is 564 g/mol. The molecule has 2 atom stereocenters. The number of ether oxygens (including phenoxy) is 3. The Kier molecular flexibility index (Phi) is 10.7. The van der Waals surface area contributed by atoms with Gasteiger partial charge in [0, 0.05) is 45.5 Å². The summed E-state index contributed by atoms with van der Waals surface area (Å²) in [7, 11) is 3.28. The van der Waals surface area contributed by atoms with Crippen LogP contribution in [-0.4, -0.2) is 36.3 Å². The summed E-state index contributed by atoms with van der Waals surface area (Å²) in [5.41, 5.74) is 8.51. The number of hydrogen-bond donors (Lipinski definition) is 2. The average Bonchev–Trinajstić information content (AvgIpc) is 3.56. The van der Waals surface area contributed by atoms with E-state index >= 15 is 0 Å². The van der Waals surface area contributed by atoms with Crippen LogP contribution in [0.15, 0.2) is 60.9 Å². The lowest BCUT2D eigenvalue weighted by molar-refractivity contribution is -0.384. The minimum absolute atomic E-state index is 0.0463. The topological polar surface area (TPSA) is 128 Å². The number of nitro groups is 1. The Bertz CT molecular complexity index is 1210. The summed E-state index contributed by atoms with van der Waals surface area (Å²) in [6.45, 7) is 0. The summed E-state index contributed by atoms with van der Waals surface area (Å²) < 4.78 is 90.2. The van der Waals surface area contributed by atoms with Crippen LogP contribution in [0.25, 0.3) is 5.69 Å². The van der Waals surface area contributed by atoms with Crippen LogP contribution in [0.1, 0.15) is 24.0 Å². The summed E-state index contributed by atoms with van der Waals surface area (Å²) in [6, 6.07) is 8.84. The highest BCUT2D eigenvalue weighted by Crippen LogP contribution is 2.34. The van der Waals surface area contributed by atoms with E-state index in [4.69, 9.17) is 25.7 Å². The van der Waals surface area contributed by atoms with Gasteiger partial charge < -0.3 is 30.2 Å². The molecule has 9 nitrogen and oxygen atoms in total. The van der Waals surface area contributed by atoms with Gasteiger partial charge in [-0.2, -0.15) is 26.3 Å². The van der Waals surface area contributed by atoms with Crippen LogP contribution in [-0.2, 0) is 26.6 Å². The van der Waals surface area contributed by atoms with Crippen LogP contribution >= 0.6 is 0 Å². The van der Waals surface area contributed by atoms with Crippen molar-refractivity contribution >= 4 is 17.1 Å². The first kappa shape index (κ1) is 31.4. The van der Waals surface area contributed by atoms with Gasteiger partial charge in [-0.05, 0) is 42.5 Å². The highest BCUT2D eigenvalue weighted by atomic mass is 19.4. The van der Waals surface area contributed by atoms with Gasteiger partial charge in [-0.15, -0.1) is 0 Å². The van der Waals surface area contributed by atoms with E-state index in [1.807, 2.05) is 0 Å². The Hall–Kier alpha value is -3.82. The zero-order valence-electron chi connectivity index (χ0n) is 20.7. The number of alkyl halides is 6. The molecule has 1 fully saturated rings. The third-order valence-electron chi connectivity index (χ3n) is 5.26. The first-order valence-corrected chi connectivity index (χ1v) is 11.1. The van der Waals surface area contributed by atoms with E-state index in [1.54, 1.807) is 43.3 Å². The third kappa shape index (κ3) is 9.15. The summed E-state index contributed by atoms with van der Waals surface area (Å²) in [5.74, 6) is 0. The number of rotatable bonds is 4. The minimum atomic E-state index is -4.60. The SMILES string of the molecule is COC1CCC(OC)O1.Nc1cc(C(F)(F)F)ccc1-n1cccc1.Nc1ccc(C(F)(F)F)cc1[N+](=O)[O-]. The largest absolute Gasteiger partial charge is 0.416 e. The number of nitrogens with two attached hydrogens (primary N) is 2. The van der Waals surface area contributed by atoms with Crippen molar-refractivity contribution in [1.29, 1.82) is 0 Å². The maximum absolute atomic E-state index is 12.4. The number of hydrogen-bond acceptors (Lipinski definition) is 7. The molecule has 0 aliphatic carbocycles. The smallest absolute Gasteiger partial charge is 0.397 e. The van der Waals surface area contributed by atoms with Crippen LogP contribution < -0.4 is 11.5 Å². The first-order chi connectivity index (χ1) is 18.2. The fraction of sp³-hybridized carbons (Fsp3) is 0.333. The van der Waals surface area contributed by atoms with Crippen molar-refractivity contribution in [3.8, 4) is 5.69 Å². The van der Waals surface area contributed by atoms with Gasteiger partial charge in [0.15, 0.2) is 12.6 Å². The van der Waals surface area contributed by atoms with Gasteiger partial charge in [-0.25, -0.2) is 0 Å². The van der Waals surface area contributed by atoms with E-state index in [0.717, 1.165) is 31.0 Å². The summed E-state index contributed by atoms with van der Waals surface area (Å²) in [5, 5.41) is 10.3. The minimum Gasteiger partial charge on any atom is -0.397 e. The van der Waals surface area contributed by atoms with Crippen molar-refractivity contribution in [1.82, 2.24) is 4.57 Å². The molecule has 0 amide bonds. The lowest BCUT2D eigenvalue weighted by atomic mass is 10.1. The van der Waals surface area contributed by atoms with Crippen molar-refractivity contribution in [2.24, 2.45) is 0 Å². The lowest BCUT2D eigenvalue weighted by Crippen LogP contribution is -2.13. The van der Waals surface area contributed by atoms with E-state index in [1.165, 1.54) is 6.07 Å². The molecule has 2 aromatic carbocycles. The molecule has 15 heteroatoms. The van der Waals surface area contributed by atoms with Crippen LogP contribution in [0, 0.1) is 10.1 Å². The molecule has 4 N–H and O–H groups in total. The Morgan fingerprint density at radius 1 is 0.872 bits per heavy atom. The van der Waals surface area contributed by atoms with Gasteiger partial charge in [-0.3, -0.25) is 10.1 Å². The van der Waals surface area contributed by atoms with Crippen molar-refractivity contribution in [3.63, 3.8) is 0 Å². The molecule has 39 heavy (non-hydrogen) atoms. The van der Waals surface area contributed by atoms with E-state index in [-0.39, 0.29) is 24.0 Å². The zero-order chi connectivity index (χ0) is 29.4. The molecule has 2 heterocycles. The first-order valence-electron chi connectivity index (χ1n) is 11.1. The maximum Gasteiger partial charge on any atom is 0.416 e. The maximum atomic E-state index is 12.4. The predicted octanol–water partition coefficient (Wildman–Crippen LogP) is 6.02. The molecule has 214 valence electrons. The van der Waals surface area contributed by atoms with E-state index in [9.17, 15) is 36.5 Å². The van der Waals surface area contributed by atoms with Crippen molar-refractivity contribution in [2.45, 2.75) is 37.8 Å². The molecule has 2 unspecified atom stereocenters. The van der Waals surface area contributed by atoms with Crippen LogP contribution in [0.2, 0.25) is 0 Å². The van der Waals surface area contributed by atoms with Gasteiger partial charge in [0.2, 0.25) is 0 Å². The van der Waals surface area contributed by atoms with Crippen molar-refractivity contribution in [3.05, 3.63) is 82.2 Å². The highest BCUT2D eigenvalue weighted by Gasteiger charge is 2.33. The Morgan fingerprint density at radius 3 is 1.77 bits per heavy atom. The fourth-order valence-electron chi connectivity index (χ4n) is 3.26. The van der Waals surface area contributed by atoms with Crippen LogP contribution in [0.4, 0.5) is 43.4 Å². The number of benzene rings is 2. The van der Waals surface area contributed by atoms with Gasteiger partial charge >= 0.3 is 12.4 Å². The number of aromatic nitrogens is 1. The second-order valence-corrected chi connectivity index (χ2v) is 7.93. The molecule has 1 aliphatic heterocycles. The van der Waals surface area contributed by atoms with Gasteiger partial charge in [-0.1, -0.05) is 0 Å². The normalized spacial score (nSPS) is 17.0. The quantitative estimate of drug-likeness (QED) is 0.172. The van der Waals surface area contributed by atoms with E-state index < -0.39 is 34.1 Å². The Morgan fingerprint density at radius 2 is 1.36 bits per heavy atom. The second kappa shape index (κ2) is 13.3. The molecule has 1 aromatic heterocycles. The number of nitrogen functional groups attached to an aromatic ring is 2. The number of halogens is 6. The molecule has 0 radical (unpaired) electrons. The van der Waals surface area contributed by atoms with Crippen molar-refractivity contribution < 1.29 is 45.5 Å². The van der Waals surface area contributed by atoms with E-state index in [0.29, 0.717) is 17.8 Å². The number of nitro benzene ring substituents is 1. The summed E-state index contributed by atoms with van der Waals surface area (Å²) >= 11 is 0.